The molecule has 4 rings (SSSR count). The van der Waals surface area contributed by atoms with Gasteiger partial charge in [-0.3, -0.25) is 9.88 Å². The normalized spacial score (nSPS) is 17.7. The molecule has 3 aromatic rings. The van der Waals surface area contributed by atoms with E-state index >= 15 is 0 Å². The second-order valence-electron chi connectivity index (χ2n) is 6.84. The Balaban J connectivity index is 1.45. The van der Waals surface area contributed by atoms with Gasteiger partial charge in [0.1, 0.15) is 5.69 Å². The van der Waals surface area contributed by atoms with Crippen LogP contribution >= 0.6 is 0 Å². The molecule has 0 saturated carbocycles. The lowest BCUT2D eigenvalue weighted by molar-refractivity contribution is 0.0697. The average Bonchev–Trinajstić information content (AvgIpc) is 3.24. The van der Waals surface area contributed by atoms with E-state index in [2.05, 4.69) is 19.9 Å². The molecule has 1 aliphatic heterocycles. The summed E-state index contributed by atoms with van der Waals surface area (Å²) in [5, 5.41) is 9.02. The van der Waals surface area contributed by atoms with E-state index < -0.39 is 5.97 Å². The molecule has 1 saturated heterocycles. The highest BCUT2D eigenvalue weighted by atomic mass is 16.4. The fraction of sp³-hybridized carbons (Fsp3) is 0.300. The van der Waals surface area contributed by atoms with Crippen molar-refractivity contribution in [3.8, 4) is 11.5 Å². The van der Waals surface area contributed by atoms with E-state index in [0.717, 1.165) is 55.3 Å². The van der Waals surface area contributed by atoms with Crippen molar-refractivity contribution in [2.75, 3.05) is 13.1 Å². The van der Waals surface area contributed by atoms with Crippen LogP contribution < -0.4 is 0 Å². The number of carboxylic acid groups (broad SMARTS) is 1. The summed E-state index contributed by atoms with van der Waals surface area (Å²) in [6.45, 7) is 2.75. The highest BCUT2D eigenvalue weighted by Crippen LogP contribution is 2.27. The molecule has 0 bridgehead atoms. The minimum Gasteiger partial charge on any atom is -0.478 e. The van der Waals surface area contributed by atoms with E-state index in [4.69, 9.17) is 10.1 Å². The van der Waals surface area contributed by atoms with Gasteiger partial charge in [-0.05, 0) is 37.1 Å². The Morgan fingerprint density at radius 1 is 1.26 bits per heavy atom. The molecule has 3 heterocycles. The Kier molecular flexibility index (Phi) is 4.93. The standard InChI is InChI=1S/C20H21N5O2/c26-20(27)15-5-3-14(4-6-15)12-25-9-1-2-16(13-25)17-10-21-11-18(24-17)19-22-7-8-23-19/h3-8,10-11,16H,1-2,9,12-13H2,(H,22,23)(H,26,27). The molecule has 2 aromatic heterocycles. The molecule has 1 aliphatic rings. The average molecular weight is 363 g/mol. The fourth-order valence-electron chi connectivity index (χ4n) is 3.55. The molecule has 1 fully saturated rings. The van der Waals surface area contributed by atoms with Gasteiger partial charge in [-0.25, -0.2) is 14.8 Å². The fourth-order valence-corrected chi connectivity index (χ4v) is 3.55. The maximum atomic E-state index is 11.0. The third-order valence-corrected chi connectivity index (χ3v) is 4.92. The van der Waals surface area contributed by atoms with E-state index in [1.54, 1.807) is 30.7 Å². The largest absolute Gasteiger partial charge is 0.478 e. The third kappa shape index (κ3) is 4.03. The topological polar surface area (TPSA) is 95.0 Å². The van der Waals surface area contributed by atoms with Crippen molar-refractivity contribution >= 4 is 5.97 Å². The number of H-pyrrole nitrogens is 1. The number of nitrogens with one attached hydrogen (secondary N) is 1. The van der Waals surface area contributed by atoms with E-state index in [1.807, 2.05) is 18.3 Å². The smallest absolute Gasteiger partial charge is 0.335 e. The number of aromatic carboxylic acids is 1. The molecule has 7 heteroatoms. The van der Waals surface area contributed by atoms with Gasteiger partial charge in [0.05, 0.1) is 17.5 Å². The highest BCUT2D eigenvalue weighted by Gasteiger charge is 2.23. The van der Waals surface area contributed by atoms with Crippen LogP contribution in [-0.2, 0) is 6.54 Å². The van der Waals surface area contributed by atoms with Crippen molar-refractivity contribution in [3.63, 3.8) is 0 Å². The maximum Gasteiger partial charge on any atom is 0.335 e. The molecule has 0 amide bonds. The molecule has 0 aliphatic carbocycles. The molecule has 0 radical (unpaired) electrons. The molecule has 2 N–H and O–H groups in total. The van der Waals surface area contributed by atoms with Gasteiger partial charge in [0.25, 0.3) is 0 Å². The van der Waals surface area contributed by atoms with Crippen molar-refractivity contribution in [2.24, 2.45) is 0 Å². The molecule has 1 unspecified atom stereocenters. The zero-order chi connectivity index (χ0) is 18.6. The van der Waals surface area contributed by atoms with Gasteiger partial charge in [0.2, 0.25) is 0 Å². The molecule has 27 heavy (non-hydrogen) atoms. The number of hydrogen-bond acceptors (Lipinski definition) is 5. The van der Waals surface area contributed by atoms with Crippen molar-refractivity contribution in [2.45, 2.75) is 25.3 Å². The Bertz CT molecular complexity index is 908. The predicted octanol–water partition coefficient (Wildman–Crippen LogP) is 2.94. The SMILES string of the molecule is O=C(O)c1ccc(CN2CCCC(c3cncc(-c4ncc[nH]4)n3)C2)cc1. The molecular weight excluding hydrogens is 342 g/mol. The van der Waals surface area contributed by atoms with Gasteiger partial charge in [0, 0.05) is 37.6 Å². The second kappa shape index (κ2) is 7.67. The van der Waals surface area contributed by atoms with Crippen LogP contribution in [0.1, 0.15) is 40.4 Å². The number of imidazole rings is 1. The third-order valence-electron chi connectivity index (χ3n) is 4.92. The number of nitrogens with zero attached hydrogens (tertiary/aromatic N) is 4. The number of rotatable bonds is 5. The van der Waals surface area contributed by atoms with Crippen LogP contribution in [0.5, 0.6) is 0 Å². The summed E-state index contributed by atoms with van der Waals surface area (Å²) < 4.78 is 0. The first-order valence-corrected chi connectivity index (χ1v) is 9.05. The summed E-state index contributed by atoms with van der Waals surface area (Å²) in [6.07, 6.45) is 9.26. The maximum absolute atomic E-state index is 11.0. The minimum absolute atomic E-state index is 0.320. The van der Waals surface area contributed by atoms with Crippen molar-refractivity contribution < 1.29 is 9.90 Å². The first kappa shape index (κ1) is 17.4. The summed E-state index contributed by atoms with van der Waals surface area (Å²) in [6, 6.07) is 7.11. The van der Waals surface area contributed by atoms with E-state index in [1.165, 1.54) is 0 Å². The monoisotopic (exact) mass is 363 g/mol. The van der Waals surface area contributed by atoms with E-state index in [-0.39, 0.29) is 0 Å². The summed E-state index contributed by atoms with van der Waals surface area (Å²) in [4.78, 5) is 29.8. The number of carbonyl (C=O) groups is 1. The first-order valence-electron chi connectivity index (χ1n) is 9.05. The van der Waals surface area contributed by atoms with Gasteiger partial charge >= 0.3 is 5.97 Å². The number of aromatic nitrogens is 4. The first-order chi connectivity index (χ1) is 13.2. The lowest BCUT2D eigenvalue weighted by Gasteiger charge is -2.32. The van der Waals surface area contributed by atoms with Gasteiger partial charge in [0.15, 0.2) is 5.82 Å². The summed E-state index contributed by atoms with van der Waals surface area (Å²) >= 11 is 0. The van der Waals surface area contributed by atoms with Crippen molar-refractivity contribution in [1.82, 2.24) is 24.8 Å². The number of benzene rings is 1. The molecular formula is C20H21N5O2. The summed E-state index contributed by atoms with van der Waals surface area (Å²) in [5.74, 6) is 0.171. The van der Waals surface area contributed by atoms with Crippen LogP contribution in [0.2, 0.25) is 0 Å². The molecule has 1 aromatic carbocycles. The van der Waals surface area contributed by atoms with Crippen LogP contribution in [0, 0.1) is 0 Å². The van der Waals surface area contributed by atoms with Crippen molar-refractivity contribution in [1.29, 1.82) is 0 Å². The zero-order valence-electron chi connectivity index (χ0n) is 14.9. The molecule has 0 spiro atoms. The number of aromatic amines is 1. The minimum atomic E-state index is -0.894. The highest BCUT2D eigenvalue weighted by molar-refractivity contribution is 5.87. The number of piperidine rings is 1. The molecule has 138 valence electrons. The number of hydrogen-bond donors (Lipinski definition) is 2. The predicted molar refractivity (Wildman–Crippen MR) is 100 cm³/mol. The van der Waals surface area contributed by atoms with Crippen LogP contribution in [0.25, 0.3) is 11.5 Å². The van der Waals surface area contributed by atoms with Crippen molar-refractivity contribution in [3.05, 3.63) is 65.9 Å². The van der Waals surface area contributed by atoms with Gasteiger partial charge < -0.3 is 10.1 Å². The lowest BCUT2D eigenvalue weighted by Crippen LogP contribution is -2.34. The Labute approximate surface area is 157 Å². The number of carboxylic acids is 1. The zero-order valence-corrected chi connectivity index (χ0v) is 14.9. The van der Waals surface area contributed by atoms with Crippen LogP contribution in [0.3, 0.4) is 0 Å². The van der Waals surface area contributed by atoms with E-state index in [0.29, 0.717) is 11.5 Å². The quantitative estimate of drug-likeness (QED) is 0.724. The lowest BCUT2D eigenvalue weighted by atomic mass is 9.94. The molecule has 7 nitrogen and oxygen atoms in total. The number of likely N-dealkylation sites (tertiary alicyclic amines) is 1. The summed E-state index contributed by atoms with van der Waals surface area (Å²) in [5.41, 5.74) is 3.20. The second-order valence-corrected chi connectivity index (χ2v) is 6.84. The van der Waals surface area contributed by atoms with E-state index in [9.17, 15) is 4.79 Å². The Morgan fingerprint density at radius 3 is 2.85 bits per heavy atom. The van der Waals surface area contributed by atoms with Crippen LogP contribution in [0.15, 0.2) is 49.1 Å². The van der Waals surface area contributed by atoms with Gasteiger partial charge in [-0.1, -0.05) is 12.1 Å². The van der Waals surface area contributed by atoms with Gasteiger partial charge in [-0.2, -0.15) is 0 Å². The molecule has 1 atom stereocenters. The van der Waals surface area contributed by atoms with Gasteiger partial charge in [-0.15, -0.1) is 0 Å². The van der Waals surface area contributed by atoms with Crippen LogP contribution in [0.4, 0.5) is 0 Å². The Hall–Kier alpha value is -3.06. The summed E-state index contributed by atoms with van der Waals surface area (Å²) in [7, 11) is 0. The Morgan fingerprint density at radius 2 is 2.11 bits per heavy atom. The van der Waals surface area contributed by atoms with Crippen LogP contribution in [-0.4, -0.2) is 49.0 Å².